The highest BCUT2D eigenvalue weighted by Crippen LogP contribution is 2.41. The summed E-state index contributed by atoms with van der Waals surface area (Å²) in [6.45, 7) is 0. The minimum absolute atomic E-state index is 0.797. The van der Waals surface area contributed by atoms with E-state index in [2.05, 4.69) is 229 Å². The Morgan fingerprint density at radius 1 is 0.279 bits per heavy atom. The topological polar surface area (TPSA) is 30.7 Å². The Kier molecular flexibility index (Phi) is 8.17. The lowest BCUT2D eigenvalue weighted by molar-refractivity contribution is 1.08. The molecule has 0 aliphatic heterocycles. The monoisotopic (exact) mass is 775 g/mol. The van der Waals surface area contributed by atoms with Gasteiger partial charge in [0, 0.05) is 16.3 Å². The summed E-state index contributed by atoms with van der Waals surface area (Å²) in [4.78, 5) is 11.2. The lowest BCUT2D eigenvalue weighted by Crippen LogP contribution is -2.04. The maximum absolute atomic E-state index is 5.68. The number of fused-ring (bicyclic) bond motifs is 6. The Morgan fingerprint density at radius 2 is 0.754 bits per heavy atom. The molecule has 3 heteroatoms. The summed E-state index contributed by atoms with van der Waals surface area (Å²) >= 11 is 0. The fourth-order valence-electron chi connectivity index (χ4n) is 9.09. The van der Waals surface area contributed by atoms with Crippen LogP contribution < -0.4 is 0 Å². The van der Waals surface area contributed by atoms with Crippen LogP contribution in [0.1, 0.15) is 0 Å². The Morgan fingerprint density at radius 3 is 1.44 bits per heavy atom. The highest BCUT2D eigenvalue weighted by Gasteiger charge is 2.22. The number of benzene rings is 10. The Labute approximate surface area is 353 Å². The second kappa shape index (κ2) is 14.3. The first-order valence-corrected chi connectivity index (χ1v) is 20.8. The molecule has 0 saturated heterocycles. The minimum Gasteiger partial charge on any atom is -0.292 e. The van der Waals surface area contributed by atoms with Crippen LogP contribution in [-0.2, 0) is 0 Å². The number of rotatable bonds is 6. The van der Waals surface area contributed by atoms with Gasteiger partial charge in [0.05, 0.1) is 22.1 Å². The molecule has 0 N–H and O–H groups in total. The molecule has 0 atom stereocenters. The number of hydrogen-bond donors (Lipinski definition) is 0. The van der Waals surface area contributed by atoms with Crippen molar-refractivity contribution in [1.82, 2.24) is 14.5 Å². The highest BCUT2D eigenvalue weighted by molar-refractivity contribution is 6.15. The molecule has 0 amide bonds. The molecule has 284 valence electrons. The van der Waals surface area contributed by atoms with E-state index in [1.54, 1.807) is 0 Å². The maximum atomic E-state index is 5.68. The van der Waals surface area contributed by atoms with Crippen molar-refractivity contribution in [2.75, 3.05) is 0 Å². The maximum Gasteiger partial charge on any atom is 0.165 e. The first kappa shape index (κ1) is 34.9. The van der Waals surface area contributed by atoms with E-state index >= 15 is 0 Å². The van der Waals surface area contributed by atoms with E-state index in [1.165, 1.54) is 54.6 Å². The number of aromatic nitrogens is 3. The molecule has 2 heterocycles. The third-order valence-electron chi connectivity index (χ3n) is 12.1. The fraction of sp³-hybridized carbons (Fsp3) is 0. The van der Waals surface area contributed by atoms with Gasteiger partial charge in [0.2, 0.25) is 0 Å². The third kappa shape index (κ3) is 6.06. The average Bonchev–Trinajstić information content (AvgIpc) is 3.65. The van der Waals surface area contributed by atoms with Crippen LogP contribution in [0.25, 0.3) is 116 Å². The first-order chi connectivity index (χ1) is 30.2. The molecule has 0 radical (unpaired) electrons. The molecule has 3 nitrogen and oxygen atoms in total. The van der Waals surface area contributed by atoms with E-state index in [4.69, 9.17) is 9.97 Å². The summed E-state index contributed by atoms with van der Waals surface area (Å²) in [5.41, 5.74) is 15.0. The summed E-state index contributed by atoms with van der Waals surface area (Å²) < 4.78 is 2.34. The lowest BCUT2D eigenvalue weighted by atomic mass is 9.92. The lowest BCUT2D eigenvalue weighted by Gasteiger charge is -2.17. The molecule has 0 bridgehead atoms. The van der Waals surface area contributed by atoms with Gasteiger partial charge in [-0.15, -0.1) is 0 Å². The molecule has 0 aliphatic rings. The van der Waals surface area contributed by atoms with Crippen LogP contribution in [0.5, 0.6) is 0 Å². The van der Waals surface area contributed by atoms with Crippen LogP contribution in [0, 0.1) is 0 Å². The Balaban J connectivity index is 1.12. The molecule has 12 rings (SSSR count). The van der Waals surface area contributed by atoms with Crippen molar-refractivity contribution in [2.24, 2.45) is 0 Å². The minimum atomic E-state index is 0.797. The van der Waals surface area contributed by atoms with Gasteiger partial charge >= 0.3 is 0 Å². The molecular weight excluding hydrogens is 739 g/mol. The quantitative estimate of drug-likeness (QED) is 0.168. The van der Waals surface area contributed by atoms with Crippen LogP contribution in [0.2, 0.25) is 0 Å². The van der Waals surface area contributed by atoms with Crippen molar-refractivity contribution in [3.63, 3.8) is 0 Å². The van der Waals surface area contributed by atoms with Gasteiger partial charge in [-0.3, -0.25) is 4.57 Å². The zero-order chi connectivity index (χ0) is 40.3. The normalized spacial score (nSPS) is 11.6. The SMILES string of the molecule is c1ccc(-c2ccc(-c3ccc4c(c3)c3cc5ccccc5cc3n4-c3nc4cc(-c5ccc6ccccc6c5)c(-c5ccccc5)cc4nc3-c3ccccc3)cc2)cc1. The van der Waals surface area contributed by atoms with Gasteiger partial charge in [-0.05, 0) is 109 Å². The Bertz CT molecular complexity index is 3610. The second-order valence-corrected chi connectivity index (χ2v) is 15.8. The highest BCUT2D eigenvalue weighted by atomic mass is 15.1. The number of hydrogen-bond acceptors (Lipinski definition) is 2. The van der Waals surface area contributed by atoms with Gasteiger partial charge in [-0.25, -0.2) is 9.97 Å². The molecule has 2 aromatic heterocycles. The van der Waals surface area contributed by atoms with Gasteiger partial charge in [0.25, 0.3) is 0 Å². The van der Waals surface area contributed by atoms with Crippen LogP contribution in [0.4, 0.5) is 0 Å². The molecular formula is C58H37N3. The predicted molar refractivity (Wildman–Crippen MR) is 256 cm³/mol. The van der Waals surface area contributed by atoms with E-state index in [-0.39, 0.29) is 0 Å². The first-order valence-electron chi connectivity index (χ1n) is 20.8. The summed E-state index contributed by atoms with van der Waals surface area (Å²) in [6, 6.07) is 80.5. The molecule has 10 aromatic carbocycles. The molecule has 61 heavy (non-hydrogen) atoms. The average molecular weight is 776 g/mol. The van der Waals surface area contributed by atoms with Gasteiger partial charge in [-0.1, -0.05) is 182 Å². The van der Waals surface area contributed by atoms with E-state index in [0.29, 0.717) is 0 Å². The van der Waals surface area contributed by atoms with Crippen molar-refractivity contribution in [2.45, 2.75) is 0 Å². The van der Waals surface area contributed by atoms with E-state index < -0.39 is 0 Å². The summed E-state index contributed by atoms with van der Waals surface area (Å²) in [5.74, 6) is 0.797. The van der Waals surface area contributed by atoms with Gasteiger partial charge in [0.1, 0.15) is 5.69 Å². The zero-order valence-electron chi connectivity index (χ0n) is 33.2. The van der Waals surface area contributed by atoms with Crippen LogP contribution in [0.15, 0.2) is 224 Å². The van der Waals surface area contributed by atoms with Crippen molar-refractivity contribution < 1.29 is 0 Å². The van der Waals surface area contributed by atoms with Gasteiger partial charge in [-0.2, -0.15) is 0 Å². The number of nitrogens with zero attached hydrogens (tertiary/aromatic N) is 3. The summed E-state index contributed by atoms with van der Waals surface area (Å²) in [5, 5.41) is 7.14. The second-order valence-electron chi connectivity index (χ2n) is 15.8. The van der Waals surface area contributed by atoms with E-state index in [1.807, 2.05) is 0 Å². The molecule has 0 saturated carbocycles. The van der Waals surface area contributed by atoms with Crippen molar-refractivity contribution in [1.29, 1.82) is 0 Å². The predicted octanol–water partition coefficient (Wildman–Crippen LogP) is 15.4. The summed E-state index contributed by atoms with van der Waals surface area (Å²) in [6.07, 6.45) is 0. The van der Waals surface area contributed by atoms with Crippen molar-refractivity contribution in [3.05, 3.63) is 224 Å². The fourth-order valence-corrected chi connectivity index (χ4v) is 9.09. The van der Waals surface area contributed by atoms with Crippen LogP contribution in [-0.4, -0.2) is 14.5 Å². The summed E-state index contributed by atoms with van der Waals surface area (Å²) in [7, 11) is 0. The van der Waals surface area contributed by atoms with Crippen molar-refractivity contribution in [3.8, 4) is 61.6 Å². The Hall–Kier alpha value is -8.14. The molecule has 0 fully saturated rings. The van der Waals surface area contributed by atoms with Gasteiger partial charge in [0.15, 0.2) is 5.82 Å². The zero-order valence-corrected chi connectivity index (χ0v) is 33.2. The van der Waals surface area contributed by atoms with Crippen molar-refractivity contribution >= 4 is 54.4 Å². The smallest absolute Gasteiger partial charge is 0.165 e. The van der Waals surface area contributed by atoms with Crippen LogP contribution >= 0.6 is 0 Å². The largest absolute Gasteiger partial charge is 0.292 e. The van der Waals surface area contributed by atoms with Crippen LogP contribution in [0.3, 0.4) is 0 Å². The molecule has 0 aliphatic carbocycles. The molecule has 0 unspecified atom stereocenters. The van der Waals surface area contributed by atoms with E-state index in [9.17, 15) is 0 Å². The third-order valence-corrected chi connectivity index (χ3v) is 12.1. The molecule has 12 aromatic rings. The van der Waals surface area contributed by atoms with E-state index in [0.717, 1.165) is 61.4 Å². The van der Waals surface area contributed by atoms with Gasteiger partial charge < -0.3 is 0 Å². The standard InChI is InChI=1S/C58H37N3/c1-4-14-38(15-5-1)40-24-26-41(27-25-40)47-30-31-55-51(34-47)52-33-45-22-12-13-23-46(45)35-56(52)61(55)58-57(43-19-8-3-9-20-43)59-53-36-49(42-17-6-2-7-18-42)50(37-54(53)60-58)48-29-28-39-16-10-11-21-44(39)32-48/h1-37H. The molecule has 0 spiro atoms.